The monoisotopic (exact) mass is 176 g/mol. The number of hydrogen-bond acceptors (Lipinski definition) is 2. The number of aromatic nitrogens is 2. The van der Waals surface area contributed by atoms with Crippen LogP contribution >= 0.6 is 0 Å². The van der Waals surface area contributed by atoms with Gasteiger partial charge in [-0.25, -0.2) is 4.39 Å². The van der Waals surface area contributed by atoms with Gasteiger partial charge in [0.1, 0.15) is 5.82 Å². The van der Waals surface area contributed by atoms with Crippen LogP contribution in [0.3, 0.4) is 0 Å². The predicted molar refractivity (Wildman–Crippen MR) is 48.9 cm³/mol. The van der Waals surface area contributed by atoms with Crippen LogP contribution in [0.2, 0.25) is 0 Å². The van der Waals surface area contributed by atoms with E-state index in [9.17, 15) is 4.39 Å². The van der Waals surface area contributed by atoms with Crippen LogP contribution in [-0.2, 0) is 6.42 Å². The van der Waals surface area contributed by atoms with E-state index < -0.39 is 0 Å². The van der Waals surface area contributed by atoms with Gasteiger partial charge in [-0.15, -0.1) is 0 Å². The highest BCUT2D eigenvalue weighted by Gasteiger charge is 2.01. The van der Waals surface area contributed by atoms with Crippen molar-refractivity contribution in [3.8, 4) is 0 Å². The van der Waals surface area contributed by atoms with Crippen molar-refractivity contribution in [2.75, 3.05) is 0 Å². The summed E-state index contributed by atoms with van der Waals surface area (Å²) in [5, 5.41) is 0. The maximum atomic E-state index is 12.8. The van der Waals surface area contributed by atoms with Crippen molar-refractivity contribution in [1.29, 1.82) is 0 Å². The Hall–Kier alpha value is -1.51. The highest BCUT2D eigenvalue weighted by Crippen LogP contribution is 2.14. The average molecular weight is 176 g/mol. The smallest absolute Gasteiger partial charge is 0.143 e. The minimum absolute atomic E-state index is 0.340. The summed E-state index contributed by atoms with van der Waals surface area (Å²) in [7, 11) is 0. The molecule has 0 fully saturated rings. The lowest BCUT2D eigenvalue weighted by molar-refractivity contribution is 0.623. The molecule has 0 aliphatic rings. The van der Waals surface area contributed by atoms with Crippen LogP contribution in [0.1, 0.15) is 12.5 Å². The highest BCUT2D eigenvalue weighted by atomic mass is 19.1. The van der Waals surface area contributed by atoms with Crippen molar-refractivity contribution in [1.82, 2.24) is 9.97 Å². The normalized spacial score (nSPS) is 10.6. The van der Waals surface area contributed by atoms with Crippen molar-refractivity contribution >= 4 is 11.0 Å². The molecule has 2 nitrogen and oxygen atoms in total. The maximum Gasteiger partial charge on any atom is 0.143 e. The Balaban J connectivity index is 2.77. The fourth-order valence-corrected chi connectivity index (χ4v) is 1.35. The number of rotatable bonds is 1. The van der Waals surface area contributed by atoms with Gasteiger partial charge in [-0.3, -0.25) is 9.97 Å². The molecular weight excluding hydrogens is 167 g/mol. The Morgan fingerprint density at radius 2 is 2.23 bits per heavy atom. The van der Waals surface area contributed by atoms with Crippen molar-refractivity contribution in [3.63, 3.8) is 0 Å². The van der Waals surface area contributed by atoms with Crippen LogP contribution < -0.4 is 0 Å². The summed E-state index contributed by atoms with van der Waals surface area (Å²) < 4.78 is 12.8. The molecule has 0 radical (unpaired) electrons. The summed E-state index contributed by atoms with van der Waals surface area (Å²) >= 11 is 0. The average Bonchev–Trinajstić information content (AvgIpc) is 2.16. The van der Waals surface area contributed by atoms with E-state index in [1.165, 1.54) is 12.3 Å². The molecule has 0 bridgehead atoms. The van der Waals surface area contributed by atoms with Crippen molar-refractivity contribution in [3.05, 3.63) is 35.9 Å². The van der Waals surface area contributed by atoms with E-state index in [-0.39, 0.29) is 5.82 Å². The number of halogens is 1. The molecule has 66 valence electrons. The second-order valence-corrected chi connectivity index (χ2v) is 2.84. The molecule has 0 amide bonds. The van der Waals surface area contributed by atoms with Crippen molar-refractivity contribution in [2.45, 2.75) is 13.3 Å². The molecule has 0 spiro atoms. The SMILES string of the molecule is CCc1ccnc2cc(F)cnc12. The van der Waals surface area contributed by atoms with E-state index >= 15 is 0 Å². The fraction of sp³-hybridized carbons (Fsp3) is 0.200. The second-order valence-electron chi connectivity index (χ2n) is 2.84. The van der Waals surface area contributed by atoms with Gasteiger partial charge in [-0.2, -0.15) is 0 Å². The van der Waals surface area contributed by atoms with Crippen LogP contribution in [0.5, 0.6) is 0 Å². The van der Waals surface area contributed by atoms with Gasteiger partial charge in [0.05, 0.1) is 17.2 Å². The first kappa shape index (κ1) is 8.10. The second kappa shape index (κ2) is 3.09. The van der Waals surface area contributed by atoms with Crippen LogP contribution in [0, 0.1) is 5.82 Å². The Labute approximate surface area is 75.4 Å². The summed E-state index contributed by atoms with van der Waals surface area (Å²) in [4.78, 5) is 8.06. The molecule has 0 aliphatic heterocycles. The number of nitrogens with zero attached hydrogens (tertiary/aromatic N) is 2. The lowest BCUT2D eigenvalue weighted by Gasteiger charge is -2.01. The van der Waals surface area contributed by atoms with Gasteiger partial charge >= 0.3 is 0 Å². The van der Waals surface area contributed by atoms with Crippen LogP contribution in [-0.4, -0.2) is 9.97 Å². The van der Waals surface area contributed by atoms with Crippen LogP contribution in [0.25, 0.3) is 11.0 Å². The molecule has 2 aromatic heterocycles. The first-order chi connectivity index (χ1) is 6.31. The van der Waals surface area contributed by atoms with Crippen molar-refractivity contribution in [2.24, 2.45) is 0 Å². The number of hydrogen-bond donors (Lipinski definition) is 0. The third-order valence-corrected chi connectivity index (χ3v) is 2.01. The standard InChI is InChI=1S/C10H9FN2/c1-2-7-3-4-12-9-5-8(11)6-13-10(7)9/h3-6H,2H2,1H3. The Morgan fingerprint density at radius 1 is 1.38 bits per heavy atom. The topological polar surface area (TPSA) is 25.8 Å². The van der Waals surface area contributed by atoms with Crippen LogP contribution in [0.4, 0.5) is 4.39 Å². The van der Waals surface area contributed by atoms with Gasteiger partial charge in [0.2, 0.25) is 0 Å². The van der Waals surface area contributed by atoms with E-state index in [1.807, 2.05) is 13.0 Å². The van der Waals surface area contributed by atoms with Crippen molar-refractivity contribution < 1.29 is 4.39 Å². The first-order valence-corrected chi connectivity index (χ1v) is 4.20. The maximum absolute atomic E-state index is 12.8. The molecule has 0 saturated heterocycles. The van der Waals surface area contributed by atoms with Gasteiger partial charge in [-0.1, -0.05) is 6.92 Å². The van der Waals surface area contributed by atoms with E-state index in [0.29, 0.717) is 5.52 Å². The third kappa shape index (κ3) is 1.37. The molecule has 0 unspecified atom stereocenters. The Morgan fingerprint density at radius 3 is 3.00 bits per heavy atom. The molecule has 3 heteroatoms. The van der Waals surface area contributed by atoms with Gasteiger partial charge < -0.3 is 0 Å². The predicted octanol–water partition coefficient (Wildman–Crippen LogP) is 2.33. The van der Waals surface area contributed by atoms with Gasteiger partial charge in [0.25, 0.3) is 0 Å². The minimum atomic E-state index is -0.340. The molecule has 13 heavy (non-hydrogen) atoms. The number of aryl methyl sites for hydroxylation is 1. The molecule has 0 aliphatic carbocycles. The quantitative estimate of drug-likeness (QED) is 0.666. The molecule has 0 atom stereocenters. The summed E-state index contributed by atoms with van der Waals surface area (Å²) in [5.41, 5.74) is 2.52. The summed E-state index contributed by atoms with van der Waals surface area (Å²) in [5.74, 6) is -0.340. The van der Waals surface area contributed by atoms with E-state index in [1.54, 1.807) is 6.20 Å². The lowest BCUT2D eigenvalue weighted by atomic mass is 10.1. The van der Waals surface area contributed by atoms with E-state index in [2.05, 4.69) is 9.97 Å². The zero-order valence-electron chi connectivity index (χ0n) is 7.29. The zero-order chi connectivity index (χ0) is 9.26. The molecule has 2 heterocycles. The largest absolute Gasteiger partial charge is 0.254 e. The summed E-state index contributed by atoms with van der Waals surface area (Å²) in [6.45, 7) is 2.04. The molecule has 2 rings (SSSR count). The Bertz CT molecular complexity index is 440. The molecule has 2 aromatic rings. The van der Waals surface area contributed by atoms with Crippen LogP contribution in [0.15, 0.2) is 24.5 Å². The molecular formula is C10H9FN2. The zero-order valence-corrected chi connectivity index (χ0v) is 7.29. The van der Waals surface area contributed by atoms with Gasteiger partial charge in [0, 0.05) is 12.3 Å². The summed E-state index contributed by atoms with van der Waals surface area (Å²) in [6, 6.07) is 3.31. The lowest BCUT2D eigenvalue weighted by Crippen LogP contribution is -1.90. The van der Waals surface area contributed by atoms with E-state index in [0.717, 1.165) is 17.5 Å². The third-order valence-electron chi connectivity index (χ3n) is 2.01. The number of pyridine rings is 2. The van der Waals surface area contributed by atoms with Gasteiger partial charge in [-0.05, 0) is 18.1 Å². The number of fused-ring (bicyclic) bond motifs is 1. The first-order valence-electron chi connectivity index (χ1n) is 4.20. The Kier molecular flexibility index (Phi) is 1.93. The molecule has 0 N–H and O–H groups in total. The highest BCUT2D eigenvalue weighted by molar-refractivity contribution is 5.77. The summed E-state index contributed by atoms with van der Waals surface area (Å²) in [6.07, 6.45) is 3.79. The minimum Gasteiger partial charge on any atom is -0.254 e. The van der Waals surface area contributed by atoms with E-state index in [4.69, 9.17) is 0 Å². The molecule has 0 aromatic carbocycles. The van der Waals surface area contributed by atoms with Gasteiger partial charge in [0.15, 0.2) is 0 Å². The fourth-order valence-electron chi connectivity index (χ4n) is 1.35. The molecule has 0 saturated carbocycles.